The van der Waals surface area contributed by atoms with Gasteiger partial charge in [0.1, 0.15) is 0 Å². The standard InChI is InChI=1S/C18H22ClN/c1-12-7-13(2)9-15(8-12)11-18(20-4)17-6-5-16(19)10-14(17)3/h5-10,18,20H,11H2,1-4H3. The van der Waals surface area contributed by atoms with E-state index in [0.717, 1.165) is 11.4 Å². The van der Waals surface area contributed by atoms with Crippen molar-refractivity contribution in [2.24, 2.45) is 0 Å². The fourth-order valence-corrected chi connectivity index (χ4v) is 3.05. The minimum Gasteiger partial charge on any atom is -0.313 e. The summed E-state index contributed by atoms with van der Waals surface area (Å²) in [6.45, 7) is 6.42. The van der Waals surface area contributed by atoms with Gasteiger partial charge in [-0.2, -0.15) is 0 Å². The Morgan fingerprint density at radius 2 is 1.65 bits per heavy atom. The summed E-state index contributed by atoms with van der Waals surface area (Å²) in [4.78, 5) is 0. The maximum Gasteiger partial charge on any atom is 0.0408 e. The second-order valence-electron chi connectivity index (χ2n) is 5.54. The zero-order valence-electron chi connectivity index (χ0n) is 12.6. The molecule has 0 aromatic heterocycles. The zero-order chi connectivity index (χ0) is 14.7. The first-order valence-corrected chi connectivity index (χ1v) is 7.38. The van der Waals surface area contributed by atoms with E-state index in [2.05, 4.69) is 50.4 Å². The highest BCUT2D eigenvalue weighted by molar-refractivity contribution is 6.30. The fraction of sp³-hybridized carbons (Fsp3) is 0.333. The highest BCUT2D eigenvalue weighted by atomic mass is 35.5. The number of halogens is 1. The van der Waals surface area contributed by atoms with Crippen LogP contribution in [0.25, 0.3) is 0 Å². The molecule has 1 atom stereocenters. The molecule has 0 saturated heterocycles. The lowest BCUT2D eigenvalue weighted by Gasteiger charge is -2.20. The maximum absolute atomic E-state index is 6.05. The lowest BCUT2D eigenvalue weighted by atomic mass is 9.94. The van der Waals surface area contributed by atoms with Crippen molar-refractivity contribution in [2.75, 3.05) is 7.05 Å². The van der Waals surface area contributed by atoms with Crippen LogP contribution in [0.2, 0.25) is 5.02 Å². The van der Waals surface area contributed by atoms with Gasteiger partial charge >= 0.3 is 0 Å². The largest absolute Gasteiger partial charge is 0.313 e. The summed E-state index contributed by atoms with van der Waals surface area (Å²) in [5, 5.41) is 4.22. The minimum atomic E-state index is 0.313. The molecule has 0 saturated carbocycles. The van der Waals surface area contributed by atoms with Gasteiger partial charge in [0.25, 0.3) is 0 Å². The van der Waals surface area contributed by atoms with Crippen LogP contribution in [0, 0.1) is 20.8 Å². The quantitative estimate of drug-likeness (QED) is 0.854. The predicted octanol–water partition coefficient (Wildman–Crippen LogP) is 4.77. The maximum atomic E-state index is 6.05. The van der Waals surface area contributed by atoms with E-state index < -0.39 is 0 Å². The second kappa shape index (κ2) is 6.43. The smallest absolute Gasteiger partial charge is 0.0408 e. The van der Waals surface area contributed by atoms with Gasteiger partial charge in [-0.1, -0.05) is 47.0 Å². The Hall–Kier alpha value is -1.31. The van der Waals surface area contributed by atoms with Crippen LogP contribution in [0.3, 0.4) is 0 Å². The molecule has 2 aromatic carbocycles. The molecule has 2 rings (SSSR count). The Bertz CT molecular complexity index is 584. The Labute approximate surface area is 127 Å². The van der Waals surface area contributed by atoms with E-state index in [0.29, 0.717) is 6.04 Å². The van der Waals surface area contributed by atoms with Gasteiger partial charge in [-0.3, -0.25) is 0 Å². The molecule has 2 heteroatoms. The topological polar surface area (TPSA) is 12.0 Å². The number of aryl methyl sites for hydroxylation is 3. The monoisotopic (exact) mass is 287 g/mol. The van der Waals surface area contributed by atoms with E-state index >= 15 is 0 Å². The molecule has 2 aromatic rings. The van der Waals surface area contributed by atoms with Gasteiger partial charge in [0.2, 0.25) is 0 Å². The Morgan fingerprint density at radius 3 is 2.20 bits per heavy atom. The molecule has 0 aliphatic rings. The van der Waals surface area contributed by atoms with E-state index in [1.54, 1.807) is 0 Å². The van der Waals surface area contributed by atoms with Crippen molar-refractivity contribution < 1.29 is 0 Å². The molecule has 0 aliphatic carbocycles. The normalized spacial score (nSPS) is 12.4. The number of nitrogens with one attached hydrogen (secondary N) is 1. The van der Waals surface area contributed by atoms with E-state index in [9.17, 15) is 0 Å². The highest BCUT2D eigenvalue weighted by Crippen LogP contribution is 2.25. The van der Waals surface area contributed by atoms with Gasteiger partial charge < -0.3 is 5.32 Å². The number of benzene rings is 2. The predicted molar refractivity (Wildman–Crippen MR) is 87.6 cm³/mol. The summed E-state index contributed by atoms with van der Waals surface area (Å²) >= 11 is 6.05. The van der Waals surface area contributed by atoms with Gasteiger partial charge in [0.05, 0.1) is 0 Å². The molecule has 0 spiro atoms. The Kier molecular flexibility index (Phi) is 4.85. The molecular weight excluding hydrogens is 266 g/mol. The van der Waals surface area contributed by atoms with Crippen molar-refractivity contribution in [3.05, 3.63) is 69.2 Å². The lowest BCUT2D eigenvalue weighted by Crippen LogP contribution is -2.20. The van der Waals surface area contributed by atoms with Crippen LogP contribution in [0.5, 0.6) is 0 Å². The molecule has 1 N–H and O–H groups in total. The minimum absolute atomic E-state index is 0.313. The fourth-order valence-electron chi connectivity index (χ4n) is 2.82. The molecule has 0 fully saturated rings. The molecule has 0 bridgehead atoms. The number of hydrogen-bond acceptors (Lipinski definition) is 1. The molecule has 0 aliphatic heterocycles. The molecule has 1 nitrogen and oxygen atoms in total. The summed E-state index contributed by atoms with van der Waals surface area (Å²) < 4.78 is 0. The lowest BCUT2D eigenvalue weighted by molar-refractivity contribution is 0.588. The molecule has 1 unspecified atom stereocenters. The SMILES string of the molecule is CNC(Cc1cc(C)cc(C)c1)c1ccc(Cl)cc1C. The second-order valence-corrected chi connectivity index (χ2v) is 5.98. The van der Waals surface area contributed by atoms with Crippen molar-refractivity contribution in [1.82, 2.24) is 5.32 Å². The van der Waals surface area contributed by atoms with Crippen LogP contribution in [0.4, 0.5) is 0 Å². The van der Waals surface area contributed by atoms with Crippen LogP contribution in [-0.4, -0.2) is 7.05 Å². The first-order chi connectivity index (χ1) is 9.49. The molecule has 0 heterocycles. The molecule has 106 valence electrons. The van der Waals surface area contributed by atoms with Crippen molar-refractivity contribution in [1.29, 1.82) is 0 Å². The third-order valence-corrected chi connectivity index (χ3v) is 3.91. The zero-order valence-corrected chi connectivity index (χ0v) is 13.4. The van der Waals surface area contributed by atoms with E-state index in [1.807, 2.05) is 19.2 Å². The van der Waals surface area contributed by atoms with Crippen molar-refractivity contribution in [3.63, 3.8) is 0 Å². The first-order valence-electron chi connectivity index (χ1n) is 7.00. The van der Waals surface area contributed by atoms with Crippen LogP contribution in [0.15, 0.2) is 36.4 Å². The van der Waals surface area contributed by atoms with Gasteiger partial charge in [-0.05, 0) is 63.1 Å². The molecule has 0 radical (unpaired) electrons. The van der Waals surface area contributed by atoms with E-state index in [1.165, 1.54) is 27.8 Å². The van der Waals surface area contributed by atoms with Crippen LogP contribution in [-0.2, 0) is 6.42 Å². The van der Waals surface area contributed by atoms with Gasteiger partial charge in [0.15, 0.2) is 0 Å². The molecule has 0 amide bonds. The number of hydrogen-bond donors (Lipinski definition) is 1. The Morgan fingerprint density at radius 1 is 1.00 bits per heavy atom. The summed E-state index contributed by atoms with van der Waals surface area (Å²) in [5.41, 5.74) is 6.57. The third-order valence-electron chi connectivity index (χ3n) is 3.68. The van der Waals surface area contributed by atoms with Crippen LogP contribution < -0.4 is 5.32 Å². The van der Waals surface area contributed by atoms with E-state index in [-0.39, 0.29) is 0 Å². The van der Waals surface area contributed by atoms with Gasteiger partial charge in [0, 0.05) is 11.1 Å². The van der Waals surface area contributed by atoms with Crippen molar-refractivity contribution in [3.8, 4) is 0 Å². The Balaban J connectivity index is 2.28. The number of likely N-dealkylation sites (N-methyl/N-ethyl adjacent to an activating group) is 1. The van der Waals surface area contributed by atoms with Gasteiger partial charge in [-0.25, -0.2) is 0 Å². The highest BCUT2D eigenvalue weighted by Gasteiger charge is 2.13. The average molecular weight is 288 g/mol. The molecule has 20 heavy (non-hydrogen) atoms. The molecular formula is C18H22ClN. The summed E-state index contributed by atoms with van der Waals surface area (Å²) in [5.74, 6) is 0. The van der Waals surface area contributed by atoms with Crippen molar-refractivity contribution in [2.45, 2.75) is 33.2 Å². The van der Waals surface area contributed by atoms with Gasteiger partial charge in [-0.15, -0.1) is 0 Å². The summed E-state index contributed by atoms with van der Waals surface area (Å²) in [7, 11) is 2.02. The first kappa shape index (κ1) is 15.1. The van der Waals surface area contributed by atoms with E-state index in [4.69, 9.17) is 11.6 Å². The van der Waals surface area contributed by atoms with Crippen LogP contribution >= 0.6 is 11.6 Å². The average Bonchev–Trinajstić information content (AvgIpc) is 2.35. The van der Waals surface area contributed by atoms with Crippen molar-refractivity contribution >= 4 is 11.6 Å². The summed E-state index contributed by atoms with van der Waals surface area (Å²) in [6, 6.07) is 13.2. The third kappa shape index (κ3) is 3.62. The number of rotatable bonds is 4. The van der Waals surface area contributed by atoms with Crippen LogP contribution in [0.1, 0.15) is 33.9 Å². The summed E-state index contributed by atoms with van der Waals surface area (Å²) in [6.07, 6.45) is 0.988.